The molecule has 0 aliphatic carbocycles. The van der Waals surface area contributed by atoms with Crippen molar-refractivity contribution in [3.63, 3.8) is 0 Å². The van der Waals surface area contributed by atoms with E-state index in [1.807, 2.05) is 19.9 Å². The van der Waals surface area contributed by atoms with Gasteiger partial charge in [0.1, 0.15) is 5.82 Å². The maximum Gasteiger partial charge on any atom is 0.154 e. The molecular weight excluding hydrogens is 154 g/mol. The minimum Gasteiger partial charge on any atom is -0.371 e. The van der Waals surface area contributed by atoms with Crippen LogP contribution in [0, 0.1) is 0 Å². The van der Waals surface area contributed by atoms with Gasteiger partial charge < -0.3 is 10.6 Å². The summed E-state index contributed by atoms with van der Waals surface area (Å²) < 4.78 is 0. The molecule has 1 rings (SSSR count). The van der Waals surface area contributed by atoms with E-state index in [0.717, 1.165) is 24.7 Å². The van der Waals surface area contributed by atoms with Gasteiger partial charge in [-0.05, 0) is 13.8 Å². The van der Waals surface area contributed by atoms with Crippen LogP contribution in [0.15, 0.2) is 17.0 Å². The van der Waals surface area contributed by atoms with Crippen molar-refractivity contribution < 1.29 is 0 Å². The molecule has 1 aliphatic heterocycles. The molecule has 0 aromatic rings. The Balaban J connectivity index is 2.48. The smallest absolute Gasteiger partial charge is 0.154 e. The Bertz CT molecular complexity index is 196. The first kappa shape index (κ1) is 8.70. The fourth-order valence-corrected chi connectivity index (χ4v) is 0.879. The summed E-state index contributed by atoms with van der Waals surface area (Å²) in [7, 11) is 0. The quantitative estimate of drug-likeness (QED) is 0.531. The molecule has 0 saturated heterocycles. The standard InChI is InChI=1S/C7H14N5/c1-3-8-6-5-7(9-4-2)11-12-10-6/h5,8,10H,3-4H2,1-2H3,(H,9,11). The van der Waals surface area contributed by atoms with Gasteiger partial charge in [0, 0.05) is 19.2 Å². The molecule has 0 amide bonds. The van der Waals surface area contributed by atoms with Gasteiger partial charge in [0.05, 0.1) is 0 Å². The maximum atomic E-state index is 3.85. The second kappa shape index (κ2) is 4.48. The Hall–Kier alpha value is -1.39. The van der Waals surface area contributed by atoms with E-state index in [0.29, 0.717) is 0 Å². The van der Waals surface area contributed by atoms with E-state index < -0.39 is 0 Å². The first-order chi connectivity index (χ1) is 5.86. The van der Waals surface area contributed by atoms with E-state index >= 15 is 0 Å². The molecule has 0 aromatic carbocycles. The molecule has 1 radical (unpaired) electrons. The second-order valence-electron chi connectivity index (χ2n) is 2.32. The minimum absolute atomic E-state index is 0.784. The minimum atomic E-state index is 0.784. The molecule has 0 bridgehead atoms. The van der Waals surface area contributed by atoms with Gasteiger partial charge in [-0.15, -0.1) is 5.10 Å². The van der Waals surface area contributed by atoms with Crippen LogP contribution in [0.25, 0.3) is 0 Å². The molecular formula is C7H14N5. The Morgan fingerprint density at radius 2 is 2.08 bits per heavy atom. The first-order valence-electron chi connectivity index (χ1n) is 4.10. The lowest BCUT2D eigenvalue weighted by Gasteiger charge is -2.14. The van der Waals surface area contributed by atoms with Gasteiger partial charge in [-0.1, -0.05) is 5.53 Å². The van der Waals surface area contributed by atoms with Crippen LogP contribution in [0.5, 0.6) is 0 Å². The highest BCUT2D eigenvalue weighted by Gasteiger charge is 2.03. The average molecular weight is 168 g/mol. The summed E-state index contributed by atoms with van der Waals surface area (Å²) in [6.45, 7) is 5.77. The van der Waals surface area contributed by atoms with E-state index in [1.54, 1.807) is 0 Å². The van der Waals surface area contributed by atoms with Crippen molar-refractivity contribution in [3.05, 3.63) is 11.9 Å². The lowest BCUT2D eigenvalue weighted by molar-refractivity contribution is 0.562. The Labute approximate surface area is 72.3 Å². The molecule has 3 N–H and O–H groups in total. The zero-order valence-corrected chi connectivity index (χ0v) is 7.39. The van der Waals surface area contributed by atoms with Crippen molar-refractivity contribution in [1.82, 2.24) is 21.6 Å². The fraction of sp³-hybridized carbons (Fsp3) is 0.571. The lowest BCUT2D eigenvalue weighted by atomic mass is 10.4. The van der Waals surface area contributed by atoms with E-state index in [9.17, 15) is 0 Å². The summed E-state index contributed by atoms with van der Waals surface area (Å²) in [6, 6.07) is 0. The molecule has 0 saturated carbocycles. The predicted octanol–water partition coefficient (Wildman–Crippen LogP) is -0.517. The Morgan fingerprint density at radius 3 is 2.75 bits per heavy atom. The summed E-state index contributed by atoms with van der Waals surface area (Å²) in [6.07, 6.45) is 1.89. The summed E-state index contributed by atoms with van der Waals surface area (Å²) in [5.74, 6) is 1.66. The highest BCUT2D eigenvalue weighted by Crippen LogP contribution is 1.89. The number of nitrogens with one attached hydrogen (secondary N) is 3. The first-order valence-corrected chi connectivity index (χ1v) is 4.10. The summed E-state index contributed by atoms with van der Waals surface area (Å²) in [5, 5.41) is 10.0. The third-order valence-corrected chi connectivity index (χ3v) is 1.33. The van der Waals surface area contributed by atoms with Crippen molar-refractivity contribution in [1.29, 1.82) is 0 Å². The molecule has 0 aromatic heterocycles. The molecule has 67 valence electrons. The summed E-state index contributed by atoms with van der Waals surface area (Å²) in [5.41, 5.74) is 6.48. The second-order valence-corrected chi connectivity index (χ2v) is 2.32. The van der Waals surface area contributed by atoms with Crippen molar-refractivity contribution in [3.8, 4) is 0 Å². The molecule has 12 heavy (non-hydrogen) atoms. The maximum absolute atomic E-state index is 3.85. The lowest BCUT2D eigenvalue weighted by Crippen LogP contribution is -2.37. The van der Waals surface area contributed by atoms with Crippen molar-refractivity contribution in [2.24, 2.45) is 5.10 Å². The number of amidine groups is 1. The van der Waals surface area contributed by atoms with Crippen molar-refractivity contribution >= 4 is 5.84 Å². The van der Waals surface area contributed by atoms with Gasteiger partial charge in [0.2, 0.25) is 0 Å². The summed E-state index contributed by atoms with van der Waals surface area (Å²) in [4.78, 5) is 0. The molecule has 0 fully saturated rings. The van der Waals surface area contributed by atoms with Crippen LogP contribution in [-0.2, 0) is 0 Å². The summed E-state index contributed by atoms with van der Waals surface area (Å²) >= 11 is 0. The fourth-order valence-electron chi connectivity index (χ4n) is 0.879. The van der Waals surface area contributed by atoms with Gasteiger partial charge in [-0.25, -0.2) is 5.43 Å². The molecule has 1 heterocycles. The monoisotopic (exact) mass is 168 g/mol. The van der Waals surface area contributed by atoms with Gasteiger partial charge >= 0.3 is 0 Å². The SMILES string of the molecule is CCNC1=CC(NCC)=N[N]N1. The van der Waals surface area contributed by atoms with Crippen LogP contribution in [-0.4, -0.2) is 18.9 Å². The van der Waals surface area contributed by atoms with Crippen LogP contribution in [0.4, 0.5) is 0 Å². The van der Waals surface area contributed by atoms with Gasteiger partial charge in [-0.2, -0.15) is 0 Å². The van der Waals surface area contributed by atoms with E-state index in [-0.39, 0.29) is 0 Å². The van der Waals surface area contributed by atoms with Crippen LogP contribution < -0.4 is 21.6 Å². The Kier molecular flexibility index (Phi) is 3.25. The molecule has 5 heteroatoms. The molecule has 0 spiro atoms. The highest BCUT2D eigenvalue weighted by molar-refractivity contribution is 5.93. The Morgan fingerprint density at radius 1 is 1.33 bits per heavy atom. The van der Waals surface area contributed by atoms with Gasteiger partial charge in [0.25, 0.3) is 0 Å². The molecule has 0 unspecified atom stereocenters. The number of likely N-dealkylation sites (N-methyl/N-ethyl adjacent to an activating group) is 1. The predicted molar refractivity (Wildman–Crippen MR) is 48.1 cm³/mol. The largest absolute Gasteiger partial charge is 0.371 e. The number of hydrogen-bond donors (Lipinski definition) is 3. The van der Waals surface area contributed by atoms with Crippen LogP contribution in [0.1, 0.15) is 13.8 Å². The number of hydrogen-bond acceptors (Lipinski definition) is 4. The van der Waals surface area contributed by atoms with Crippen molar-refractivity contribution in [2.45, 2.75) is 13.8 Å². The van der Waals surface area contributed by atoms with Crippen LogP contribution >= 0.6 is 0 Å². The van der Waals surface area contributed by atoms with Gasteiger partial charge in [0.15, 0.2) is 5.84 Å². The van der Waals surface area contributed by atoms with Crippen LogP contribution in [0.2, 0.25) is 0 Å². The zero-order chi connectivity index (χ0) is 8.81. The molecule has 1 aliphatic rings. The zero-order valence-electron chi connectivity index (χ0n) is 7.39. The molecule has 5 nitrogen and oxygen atoms in total. The van der Waals surface area contributed by atoms with E-state index in [4.69, 9.17) is 0 Å². The third-order valence-electron chi connectivity index (χ3n) is 1.33. The van der Waals surface area contributed by atoms with Crippen LogP contribution in [0.3, 0.4) is 0 Å². The number of rotatable bonds is 3. The number of nitrogens with zero attached hydrogens (tertiary/aromatic N) is 2. The topological polar surface area (TPSA) is 62.6 Å². The van der Waals surface area contributed by atoms with Crippen molar-refractivity contribution in [2.75, 3.05) is 13.1 Å². The average Bonchev–Trinajstić information content (AvgIpc) is 2.06. The normalized spacial score (nSPS) is 15.2. The third kappa shape index (κ3) is 2.34. The molecule has 0 atom stereocenters. The van der Waals surface area contributed by atoms with Gasteiger partial charge in [-0.3, -0.25) is 0 Å². The van der Waals surface area contributed by atoms with E-state index in [1.165, 1.54) is 0 Å². The van der Waals surface area contributed by atoms with E-state index in [2.05, 4.69) is 26.7 Å². The highest BCUT2D eigenvalue weighted by atomic mass is 15.6.